The van der Waals surface area contributed by atoms with Gasteiger partial charge in [0, 0.05) is 6.07 Å². The molecule has 0 saturated carbocycles. The Kier molecular flexibility index (Phi) is 7.43. The lowest BCUT2D eigenvalue weighted by Gasteiger charge is -2.07. The lowest BCUT2D eigenvalue weighted by molar-refractivity contribution is -0.394. The lowest BCUT2D eigenvalue weighted by atomic mass is 10.2. The van der Waals surface area contributed by atoms with Crippen molar-refractivity contribution in [3.8, 4) is 23.3 Å². The molecule has 0 aromatic heterocycles. The molecule has 0 aliphatic heterocycles. The van der Waals surface area contributed by atoms with Gasteiger partial charge in [-0.15, -0.1) is 0 Å². The molecule has 34 heavy (non-hydrogen) atoms. The standard InChI is InChI=1S/C22H15N5O7/c23-12-16-5-1-2-7-20(16)33-14-22(28)25-24-13-15-4-3-6-18(10-15)34-21-9-8-17(26(29)30)11-19(21)27(31)32/h1-11,13H,14H2,(H,25,28). The summed E-state index contributed by atoms with van der Waals surface area (Å²) in [5.41, 5.74) is 2.08. The van der Waals surface area contributed by atoms with E-state index in [-0.39, 0.29) is 23.9 Å². The minimum Gasteiger partial charge on any atom is -0.482 e. The van der Waals surface area contributed by atoms with Crippen molar-refractivity contribution in [1.29, 1.82) is 5.26 Å². The number of benzene rings is 3. The van der Waals surface area contributed by atoms with E-state index in [1.165, 1.54) is 18.3 Å². The Balaban J connectivity index is 1.62. The number of non-ortho nitro benzene ring substituents is 1. The first kappa shape index (κ1) is 23.4. The number of hydrogen-bond donors (Lipinski definition) is 1. The second-order valence-corrected chi connectivity index (χ2v) is 6.53. The summed E-state index contributed by atoms with van der Waals surface area (Å²) in [5.74, 6) is -0.247. The van der Waals surface area contributed by atoms with E-state index >= 15 is 0 Å². The average molecular weight is 461 g/mol. The first-order chi connectivity index (χ1) is 16.4. The molecular weight excluding hydrogens is 446 g/mol. The van der Waals surface area contributed by atoms with Gasteiger partial charge in [0.15, 0.2) is 6.61 Å². The predicted octanol–water partition coefficient (Wildman–Crippen LogP) is 3.70. The van der Waals surface area contributed by atoms with Crippen molar-refractivity contribution >= 4 is 23.5 Å². The summed E-state index contributed by atoms with van der Waals surface area (Å²) in [4.78, 5) is 32.5. The zero-order valence-corrected chi connectivity index (χ0v) is 17.3. The van der Waals surface area contributed by atoms with Crippen LogP contribution in [0.5, 0.6) is 17.2 Å². The Morgan fingerprint density at radius 3 is 2.56 bits per heavy atom. The fourth-order valence-electron chi connectivity index (χ4n) is 2.67. The SMILES string of the molecule is N#Cc1ccccc1OCC(=O)NN=Cc1cccc(Oc2ccc([N+](=O)[O-])cc2[N+](=O)[O-])c1. The normalized spacial score (nSPS) is 10.3. The molecule has 0 saturated heterocycles. The average Bonchev–Trinajstić information content (AvgIpc) is 2.83. The fraction of sp³-hybridized carbons (Fsp3) is 0.0455. The van der Waals surface area contributed by atoms with Gasteiger partial charge >= 0.3 is 5.69 Å². The maximum absolute atomic E-state index is 11.9. The molecule has 3 aromatic carbocycles. The van der Waals surface area contributed by atoms with Crippen LogP contribution in [0, 0.1) is 31.6 Å². The minimum atomic E-state index is -0.778. The van der Waals surface area contributed by atoms with E-state index < -0.39 is 27.1 Å². The number of nitro benzene ring substituents is 2. The summed E-state index contributed by atoms with van der Waals surface area (Å²) in [7, 11) is 0. The number of hydrogen-bond acceptors (Lipinski definition) is 9. The molecule has 0 heterocycles. The summed E-state index contributed by atoms with van der Waals surface area (Å²) in [6.45, 7) is -0.358. The van der Waals surface area contributed by atoms with E-state index in [1.807, 2.05) is 6.07 Å². The second-order valence-electron chi connectivity index (χ2n) is 6.53. The number of ether oxygens (including phenoxy) is 2. The number of amides is 1. The van der Waals surface area contributed by atoms with Crippen LogP contribution in [0.15, 0.2) is 71.8 Å². The fourth-order valence-corrected chi connectivity index (χ4v) is 2.67. The number of para-hydroxylation sites is 1. The Labute approximate surface area is 192 Å². The Morgan fingerprint density at radius 2 is 1.82 bits per heavy atom. The third-order valence-electron chi connectivity index (χ3n) is 4.21. The van der Waals surface area contributed by atoms with Crippen LogP contribution in [0.2, 0.25) is 0 Å². The molecule has 1 amide bonds. The molecule has 0 radical (unpaired) electrons. The van der Waals surface area contributed by atoms with Crippen LogP contribution in [0.3, 0.4) is 0 Å². The molecule has 0 unspecified atom stereocenters. The molecular formula is C22H15N5O7. The van der Waals surface area contributed by atoms with Gasteiger partial charge in [0.1, 0.15) is 17.6 Å². The van der Waals surface area contributed by atoms with Gasteiger partial charge in [-0.3, -0.25) is 25.0 Å². The van der Waals surface area contributed by atoms with Crippen molar-refractivity contribution in [3.63, 3.8) is 0 Å². The van der Waals surface area contributed by atoms with E-state index in [2.05, 4.69) is 10.5 Å². The summed E-state index contributed by atoms with van der Waals surface area (Å²) in [6, 6.07) is 17.8. The van der Waals surface area contributed by atoms with Crippen LogP contribution in [0.25, 0.3) is 0 Å². The third-order valence-corrected chi connectivity index (χ3v) is 4.21. The summed E-state index contributed by atoms with van der Waals surface area (Å²) >= 11 is 0. The molecule has 3 aromatic rings. The van der Waals surface area contributed by atoms with Gasteiger partial charge in [0.25, 0.3) is 11.6 Å². The van der Waals surface area contributed by atoms with E-state index in [9.17, 15) is 25.0 Å². The van der Waals surface area contributed by atoms with Crippen LogP contribution >= 0.6 is 0 Å². The van der Waals surface area contributed by atoms with Crippen LogP contribution in [0.4, 0.5) is 11.4 Å². The predicted molar refractivity (Wildman–Crippen MR) is 119 cm³/mol. The molecule has 3 rings (SSSR count). The molecule has 0 bridgehead atoms. The van der Waals surface area contributed by atoms with Crippen molar-refractivity contribution in [1.82, 2.24) is 5.43 Å². The van der Waals surface area contributed by atoms with Crippen molar-refractivity contribution in [3.05, 3.63) is 98.1 Å². The minimum absolute atomic E-state index is 0.173. The largest absolute Gasteiger partial charge is 0.482 e. The second kappa shape index (κ2) is 10.8. The Bertz CT molecular complexity index is 1320. The number of nitrogens with one attached hydrogen (secondary N) is 1. The highest BCUT2D eigenvalue weighted by Crippen LogP contribution is 2.34. The van der Waals surface area contributed by atoms with Gasteiger partial charge in [-0.1, -0.05) is 24.3 Å². The lowest BCUT2D eigenvalue weighted by Crippen LogP contribution is -2.24. The molecule has 1 N–H and O–H groups in total. The molecule has 12 nitrogen and oxygen atoms in total. The van der Waals surface area contributed by atoms with Crippen molar-refractivity contribution in [2.45, 2.75) is 0 Å². The zero-order valence-electron chi connectivity index (χ0n) is 17.3. The highest BCUT2D eigenvalue weighted by molar-refractivity contribution is 5.83. The Morgan fingerprint density at radius 1 is 1.03 bits per heavy atom. The van der Waals surface area contributed by atoms with Gasteiger partial charge in [0.05, 0.1) is 27.7 Å². The van der Waals surface area contributed by atoms with E-state index in [4.69, 9.17) is 14.7 Å². The Hall–Kier alpha value is -5.31. The van der Waals surface area contributed by atoms with Crippen LogP contribution in [-0.4, -0.2) is 28.6 Å². The molecule has 12 heteroatoms. The maximum Gasteiger partial charge on any atom is 0.318 e. The molecule has 170 valence electrons. The monoisotopic (exact) mass is 461 g/mol. The first-order valence-corrected chi connectivity index (χ1v) is 9.52. The number of carbonyl (C=O) groups is 1. The van der Waals surface area contributed by atoms with Gasteiger partial charge in [-0.25, -0.2) is 5.43 Å². The number of rotatable bonds is 9. The first-order valence-electron chi connectivity index (χ1n) is 9.52. The number of hydrazone groups is 1. The third kappa shape index (κ3) is 6.11. The number of carbonyl (C=O) groups excluding carboxylic acids is 1. The van der Waals surface area contributed by atoms with Crippen LogP contribution in [0.1, 0.15) is 11.1 Å². The van der Waals surface area contributed by atoms with Gasteiger partial charge in [-0.05, 0) is 35.9 Å². The highest BCUT2D eigenvalue weighted by Gasteiger charge is 2.21. The van der Waals surface area contributed by atoms with E-state index in [0.717, 1.165) is 18.2 Å². The van der Waals surface area contributed by atoms with Crippen molar-refractivity contribution in [2.24, 2.45) is 5.10 Å². The number of nitrogens with zero attached hydrogens (tertiary/aromatic N) is 4. The smallest absolute Gasteiger partial charge is 0.318 e. The van der Waals surface area contributed by atoms with E-state index in [1.54, 1.807) is 36.4 Å². The number of nitriles is 1. The topological polar surface area (TPSA) is 170 Å². The highest BCUT2D eigenvalue weighted by atomic mass is 16.6. The van der Waals surface area contributed by atoms with Crippen LogP contribution in [-0.2, 0) is 4.79 Å². The van der Waals surface area contributed by atoms with Crippen LogP contribution < -0.4 is 14.9 Å². The number of nitro groups is 2. The molecule has 0 spiro atoms. The molecule has 0 aliphatic rings. The zero-order chi connectivity index (χ0) is 24.5. The molecule has 0 atom stereocenters. The van der Waals surface area contributed by atoms with Crippen molar-refractivity contribution < 1.29 is 24.1 Å². The summed E-state index contributed by atoms with van der Waals surface area (Å²) in [5, 5.41) is 34.9. The maximum atomic E-state index is 11.9. The quantitative estimate of drug-likeness (QED) is 0.285. The molecule has 0 fully saturated rings. The van der Waals surface area contributed by atoms with Crippen molar-refractivity contribution in [2.75, 3.05) is 6.61 Å². The van der Waals surface area contributed by atoms with E-state index in [0.29, 0.717) is 11.1 Å². The molecule has 0 aliphatic carbocycles. The van der Waals surface area contributed by atoms with Gasteiger partial charge in [-0.2, -0.15) is 10.4 Å². The summed E-state index contributed by atoms with van der Waals surface area (Å²) in [6.07, 6.45) is 1.32. The van der Waals surface area contributed by atoms with Gasteiger partial charge < -0.3 is 9.47 Å². The summed E-state index contributed by atoms with van der Waals surface area (Å²) < 4.78 is 10.8. The van der Waals surface area contributed by atoms with Gasteiger partial charge in [0.2, 0.25) is 5.75 Å².